The van der Waals surface area contributed by atoms with Gasteiger partial charge in [-0.25, -0.2) is 0 Å². The number of fused-ring (bicyclic) bond motifs is 2. The SMILES string of the molecule is CNC(C)c1c2c(c(Cl)c3c1OCC3)OCC2. The zero-order valence-electron chi connectivity index (χ0n) is 10.1. The van der Waals surface area contributed by atoms with Gasteiger partial charge in [-0.05, 0) is 14.0 Å². The van der Waals surface area contributed by atoms with Gasteiger partial charge >= 0.3 is 0 Å². The van der Waals surface area contributed by atoms with Gasteiger partial charge in [-0.2, -0.15) is 0 Å². The minimum Gasteiger partial charge on any atom is -0.493 e. The summed E-state index contributed by atoms with van der Waals surface area (Å²) in [6.45, 7) is 3.59. The zero-order chi connectivity index (χ0) is 12.0. The molecule has 2 heterocycles. The Bertz CT molecular complexity index is 438. The number of rotatable bonds is 2. The molecular formula is C13H16ClNO2. The Balaban J connectivity index is 2.26. The first-order valence-corrected chi connectivity index (χ1v) is 6.41. The molecule has 0 saturated heterocycles. The third-order valence-corrected chi connectivity index (χ3v) is 4.04. The predicted octanol–water partition coefficient (Wildman–Crippen LogP) is 2.49. The van der Waals surface area contributed by atoms with E-state index in [0.29, 0.717) is 0 Å². The molecule has 3 rings (SSSR count). The molecule has 0 fully saturated rings. The van der Waals surface area contributed by atoms with Crippen molar-refractivity contribution in [1.29, 1.82) is 0 Å². The fourth-order valence-corrected chi connectivity index (χ4v) is 3.04. The van der Waals surface area contributed by atoms with E-state index in [0.717, 1.165) is 48.1 Å². The van der Waals surface area contributed by atoms with Crippen LogP contribution in [-0.4, -0.2) is 20.3 Å². The summed E-state index contributed by atoms with van der Waals surface area (Å²) in [4.78, 5) is 0. The Kier molecular flexibility index (Phi) is 2.68. The highest BCUT2D eigenvalue weighted by Gasteiger charge is 2.32. The van der Waals surface area contributed by atoms with Gasteiger partial charge < -0.3 is 14.8 Å². The summed E-state index contributed by atoms with van der Waals surface area (Å²) in [5.41, 5.74) is 3.57. The van der Waals surface area contributed by atoms with Gasteiger partial charge in [-0.15, -0.1) is 0 Å². The van der Waals surface area contributed by atoms with Crippen LogP contribution in [0.5, 0.6) is 11.5 Å². The molecule has 0 bridgehead atoms. The van der Waals surface area contributed by atoms with Crippen LogP contribution < -0.4 is 14.8 Å². The van der Waals surface area contributed by atoms with Crippen LogP contribution >= 0.6 is 11.6 Å². The van der Waals surface area contributed by atoms with Crippen LogP contribution in [0.1, 0.15) is 29.7 Å². The van der Waals surface area contributed by atoms with E-state index in [1.165, 1.54) is 11.1 Å². The van der Waals surface area contributed by atoms with E-state index in [9.17, 15) is 0 Å². The Morgan fingerprint density at radius 1 is 1.12 bits per heavy atom. The molecular weight excluding hydrogens is 238 g/mol. The first kappa shape index (κ1) is 11.2. The van der Waals surface area contributed by atoms with Crippen LogP contribution in [-0.2, 0) is 12.8 Å². The van der Waals surface area contributed by atoms with Gasteiger partial charge in [-0.1, -0.05) is 11.6 Å². The van der Waals surface area contributed by atoms with Crippen molar-refractivity contribution in [3.63, 3.8) is 0 Å². The minimum absolute atomic E-state index is 0.259. The zero-order valence-corrected chi connectivity index (χ0v) is 10.9. The maximum absolute atomic E-state index is 6.39. The molecule has 4 heteroatoms. The maximum Gasteiger partial charge on any atom is 0.142 e. The van der Waals surface area contributed by atoms with E-state index < -0.39 is 0 Å². The normalized spacial score (nSPS) is 18.3. The standard InChI is InChI=1S/C13H16ClNO2/c1-7(15-2)10-8-3-5-17-13(8)11(14)9-4-6-16-12(9)10/h7,15H,3-6H2,1-2H3. The molecule has 1 aromatic carbocycles. The Hall–Kier alpha value is -0.930. The molecule has 1 unspecified atom stereocenters. The van der Waals surface area contributed by atoms with Gasteiger partial charge in [0.15, 0.2) is 0 Å². The van der Waals surface area contributed by atoms with Gasteiger partial charge in [0, 0.05) is 35.6 Å². The number of ether oxygens (including phenoxy) is 2. The van der Waals surface area contributed by atoms with E-state index in [1.807, 2.05) is 7.05 Å². The molecule has 0 aromatic heterocycles. The lowest BCUT2D eigenvalue weighted by molar-refractivity contribution is 0.349. The highest BCUT2D eigenvalue weighted by Crippen LogP contribution is 2.48. The molecule has 3 nitrogen and oxygen atoms in total. The molecule has 0 amide bonds. The van der Waals surface area contributed by atoms with E-state index in [1.54, 1.807) is 0 Å². The Labute approximate surface area is 106 Å². The summed E-state index contributed by atoms with van der Waals surface area (Å²) < 4.78 is 11.5. The lowest BCUT2D eigenvalue weighted by Crippen LogP contribution is -2.15. The molecule has 0 spiro atoms. The molecule has 92 valence electrons. The van der Waals surface area contributed by atoms with E-state index in [2.05, 4.69) is 12.2 Å². The largest absolute Gasteiger partial charge is 0.493 e. The van der Waals surface area contributed by atoms with Crippen LogP contribution in [0, 0.1) is 0 Å². The predicted molar refractivity (Wildman–Crippen MR) is 67.3 cm³/mol. The van der Waals surface area contributed by atoms with Gasteiger partial charge in [0.1, 0.15) is 11.5 Å². The third kappa shape index (κ3) is 1.53. The van der Waals surface area contributed by atoms with E-state index in [-0.39, 0.29) is 6.04 Å². The summed E-state index contributed by atoms with van der Waals surface area (Å²) in [5.74, 6) is 1.87. The van der Waals surface area contributed by atoms with Gasteiger partial charge in [0.05, 0.1) is 18.2 Å². The van der Waals surface area contributed by atoms with Crippen molar-refractivity contribution in [2.45, 2.75) is 25.8 Å². The number of nitrogens with one attached hydrogen (secondary N) is 1. The Morgan fingerprint density at radius 2 is 1.76 bits per heavy atom. The quantitative estimate of drug-likeness (QED) is 0.879. The second-order valence-corrected chi connectivity index (χ2v) is 4.93. The molecule has 1 aromatic rings. The molecule has 2 aliphatic rings. The smallest absolute Gasteiger partial charge is 0.142 e. The number of benzene rings is 1. The fourth-order valence-electron chi connectivity index (χ4n) is 2.69. The first-order valence-electron chi connectivity index (χ1n) is 6.04. The molecule has 0 saturated carbocycles. The number of halogens is 1. The molecule has 0 aliphatic carbocycles. The van der Waals surface area contributed by atoms with Crippen molar-refractivity contribution in [3.8, 4) is 11.5 Å². The summed E-state index contributed by atoms with van der Waals surface area (Å²) >= 11 is 6.39. The topological polar surface area (TPSA) is 30.5 Å². The van der Waals surface area contributed by atoms with Crippen molar-refractivity contribution in [2.24, 2.45) is 0 Å². The summed E-state index contributed by atoms with van der Waals surface area (Å²) in [6, 6.07) is 0.259. The van der Waals surface area contributed by atoms with Gasteiger partial charge in [-0.3, -0.25) is 0 Å². The van der Waals surface area contributed by atoms with Crippen molar-refractivity contribution in [1.82, 2.24) is 5.32 Å². The Morgan fingerprint density at radius 3 is 2.47 bits per heavy atom. The van der Waals surface area contributed by atoms with Crippen LogP contribution in [0.2, 0.25) is 5.02 Å². The lowest BCUT2D eigenvalue weighted by atomic mass is 9.95. The average molecular weight is 254 g/mol. The summed E-state index contributed by atoms with van der Waals surface area (Å²) in [7, 11) is 1.96. The first-order chi connectivity index (χ1) is 8.24. The second kappa shape index (κ2) is 4.07. The second-order valence-electron chi connectivity index (χ2n) is 4.55. The fraction of sp³-hybridized carbons (Fsp3) is 0.538. The molecule has 2 aliphatic heterocycles. The number of hydrogen-bond donors (Lipinski definition) is 1. The van der Waals surface area contributed by atoms with Crippen molar-refractivity contribution in [3.05, 3.63) is 21.7 Å². The van der Waals surface area contributed by atoms with Crippen LogP contribution in [0.3, 0.4) is 0 Å². The maximum atomic E-state index is 6.39. The lowest BCUT2D eigenvalue weighted by Gasteiger charge is -2.19. The van der Waals surface area contributed by atoms with Gasteiger partial charge in [0.25, 0.3) is 0 Å². The van der Waals surface area contributed by atoms with Crippen LogP contribution in [0.25, 0.3) is 0 Å². The van der Waals surface area contributed by atoms with E-state index >= 15 is 0 Å². The summed E-state index contributed by atoms with van der Waals surface area (Å²) in [6.07, 6.45) is 1.81. The highest BCUT2D eigenvalue weighted by atomic mass is 35.5. The highest BCUT2D eigenvalue weighted by molar-refractivity contribution is 6.33. The molecule has 1 atom stereocenters. The molecule has 17 heavy (non-hydrogen) atoms. The van der Waals surface area contributed by atoms with Gasteiger partial charge in [0.2, 0.25) is 0 Å². The van der Waals surface area contributed by atoms with E-state index in [4.69, 9.17) is 21.1 Å². The monoisotopic (exact) mass is 253 g/mol. The molecule has 1 N–H and O–H groups in total. The summed E-state index contributed by atoms with van der Waals surface area (Å²) in [5, 5.41) is 4.04. The van der Waals surface area contributed by atoms with Crippen molar-refractivity contribution in [2.75, 3.05) is 20.3 Å². The van der Waals surface area contributed by atoms with Crippen molar-refractivity contribution >= 4 is 11.6 Å². The molecule has 0 radical (unpaired) electrons. The number of hydrogen-bond acceptors (Lipinski definition) is 3. The average Bonchev–Trinajstić information content (AvgIpc) is 2.96. The van der Waals surface area contributed by atoms with Crippen molar-refractivity contribution < 1.29 is 9.47 Å². The minimum atomic E-state index is 0.259. The van der Waals surface area contributed by atoms with Crippen LogP contribution in [0.15, 0.2) is 0 Å². The van der Waals surface area contributed by atoms with Crippen LogP contribution in [0.4, 0.5) is 0 Å². The third-order valence-electron chi connectivity index (χ3n) is 3.65.